The molecule has 0 fully saturated rings. The molecule has 0 saturated carbocycles. The number of nitrogens with one attached hydrogen (secondary N) is 1. The van der Waals surface area contributed by atoms with E-state index in [2.05, 4.69) is 5.32 Å². The highest BCUT2D eigenvalue weighted by Gasteiger charge is 2.42. The maximum absolute atomic E-state index is 11.8. The average Bonchev–Trinajstić information content (AvgIpc) is 2.17. The molecule has 0 spiro atoms. The molecule has 3 nitrogen and oxygen atoms in total. The summed E-state index contributed by atoms with van der Waals surface area (Å²) in [6, 6.07) is 7.84. The zero-order valence-electron chi connectivity index (χ0n) is 9.20. The molecule has 2 rings (SSSR count). The van der Waals surface area contributed by atoms with Gasteiger partial charge in [-0.2, -0.15) is 0 Å². The van der Waals surface area contributed by atoms with Crippen molar-refractivity contribution in [3.63, 3.8) is 0 Å². The van der Waals surface area contributed by atoms with Gasteiger partial charge in [0.2, 0.25) is 0 Å². The zero-order chi connectivity index (χ0) is 11.1. The van der Waals surface area contributed by atoms with Gasteiger partial charge in [-0.25, -0.2) is 0 Å². The Morgan fingerprint density at radius 3 is 2.67 bits per heavy atom. The Labute approximate surface area is 89.4 Å². The molecule has 0 bridgehead atoms. The fraction of sp³-hybridized carbons (Fsp3) is 0.417. The topological polar surface area (TPSA) is 38.3 Å². The molecule has 1 aromatic carbocycles. The van der Waals surface area contributed by atoms with Gasteiger partial charge in [-0.3, -0.25) is 4.79 Å². The van der Waals surface area contributed by atoms with Gasteiger partial charge in [0.1, 0.15) is 6.10 Å². The number of hydrogen-bond donors (Lipinski definition) is 1. The monoisotopic (exact) mass is 205 g/mol. The normalized spacial score (nSPS) is 23.1. The van der Waals surface area contributed by atoms with Crippen LogP contribution in [0.5, 0.6) is 0 Å². The van der Waals surface area contributed by atoms with Gasteiger partial charge < -0.3 is 10.1 Å². The molecule has 0 aromatic heterocycles. The highest BCUT2D eigenvalue weighted by atomic mass is 16.5. The number of hydrogen-bond acceptors (Lipinski definition) is 2. The van der Waals surface area contributed by atoms with Crippen molar-refractivity contribution in [2.45, 2.75) is 25.4 Å². The fourth-order valence-corrected chi connectivity index (χ4v) is 2.22. The van der Waals surface area contributed by atoms with Crippen LogP contribution in [-0.2, 0) is 14.9 Å². The van der Waals surface area contributed by atoms with E-state index in [-0.39, 0.29) is 11.3 Å². The third kappa shape index (κ3) is 1.43. The molecule has 0 aliphatic carbocycles. The second-order valence-electron chi connectivity index (χ2n) is 4.37. The van der Waals surface area contributed by atoms with Crippen LogP contribution in [0.15, 0.2) is 24.3 Å². The molecule has 80 valence electrons. The van der Waals surface area contributed by atoms with Crippen LogP contribution in [0.25, 0.3) is 0 Å². The summed E-state index contributed by atoms with van der Waals surface area (Å²) in [4.78, 5) is 11.8. The first-order valence-corrected chi connectivity index (χ1v) is 5.00. The van der Waals surface area contributed by atoms with Gasteiger partial charge in [0, 0.05) is 18.2 Å². The van der Waals surface area contributed by atoms with Crippen LogP contribution in [0.3, 0.4) is 0 Å². The van der Waals surface area contributed by atoms with Crippen LogP contribution < -0.4 is 5.32 Å². The van der Waals surface area contributed by atoms with Gasteiger partial charge >= 0.3 is 0 Å². The third-order valence-electron chi connectivity index (χ3n) is 3.01. The first-order chi connectivity index (χ1) is 7.07. The molecule has 0 radical (unpaired) electrons. The predicted octanol–water partition coefficient (Wildman–Crippen LogP) is 1.93. The van der Waals surface area contributed by atoms with E-state index in [0.29, 0.717) is 0 Å². The Hall–Kier alpha value is -1.35. The van der Waals surface area contributed by atoms with Crippen molar-refractivity contribution in [1.29, 1.82) is 0 Å². The van der Waals surface area contributed by atoms with Gasteiger partial charge in [-0.05, 0) is 11.6 Å². The van der Waals surface area contributed by atoms with Gasteiger partial charge in [-0.1, -0.05) is 32.0 Å². The van der Waals surface area contributed by atoms with E-state index in [1.807, 2.05) is 38.1 Å². The number of benzene rings is 1. The van der Waals surface area contributed by atoms with E-state index >= 15 is 0 Å². The highest BCUT2D eigenvalue weighted by molar-refractivity contribution is 5.99. The molecule has 1 aliphatic rings. The van der Waals surface area contributed by atoms with Crippen molar-refractivity contribution in [3.8, 4) is 0 Å². The SMILES string of the molecule is COC1C(=O)Nc2ccccc2C1(C)C. The number of anilines is 1. The maximum Gasteiger partial charge on any atom is 0.254 e. The highest BCUT2D eigenvalue weighted by Crippen LogP contribution is 2.38. The molecule has 15 heavy (non-hydrogen) atoms. The van der Waals surface area contributed by atoms with Gasteiger partial charge in [-0.15, -0.1) is 0 Å². The third-order valence-corrected chi connectivity index (χ3v) is 3.01. The summed E-state index contributed by atoms with van der Waals surface area (Å²) in [5, 5.41) is 2.85. The molecule has 1 aromatic rings. The van der Waals surface area contributed by atoms with Crippen LogP contribution in [0, 0.1) is 0 Å². The van der Waals surface area contributed by atoms with Crippen LogP contribution >= 0.6 is 0 Å². The van der Waals surface area contributed by atoms with Crippen molar-refractivity contribution in [3.05, 3.63) is 29.8 Å². The van der Waals surface area contributed by atoms with Crippen LogP contribution in [0.4, 0.5) is 5.69 Å². The molecule has 1 aliphatic heterocycles. The molecule has 0 saturated heterocycles. The Bertz CT molecular complexity index is 398. The number of ether oxygens (including phenoxy) is 1. The molecule has 1 heterocycles. The van der Waals surface area contributed by atoms with Gasteiger partial charge in [0.05, 0.1) is 0 Å². The molecule has 1 atom stereocenters. The number of rotatable bonds is 1. The van der Waals surface area contributed by atoms with Crippen molar-refractivity contribution in [2.75, 3.05) is 12.4 Å². The second-order valence-corrected chi connectivity index (χ2v) is 4.37. The van der Waals surface area contributed by atoms with Crippen LogP contribution in [-0.4, -0.2) is 19.1 Å². The number of para-hydroxylation sites is 1. The Kier molecular flexibility index (Phi) is 2.27. The summed E-state index contributed by atoms with van der Waals surface area (Å²) in [5.74, 6) is -0.0683. The van der Waals surface area contributed by atoms with E-state index in [1.165, 1.54) is 0 Å². The Balaban J connectivity index is 2.55. The van der Waals surface area contributed by atoms with E-state index in [0.717, 1.165) is 11.3 Å². The first-order valence-electron chi connectivity index (χ1n) is 5.00. The minimum Gasteiger partial charge on any atom is -0.371 e. The number of fused-ring (bicyclic) bond motifs is 1. The standard InChI is InChI=1S/C12H15NO2/c1-12(2)8-6-4-5-7-9(8)13-11(14)10(12)15-3/h4-7,10H,1-3H3,(H,13,14). The first kappa shape index (κ1) is 10.2. The average molecular weight is 205 g/mol. The lowest BCUT2D eigenvalue weighted by Gasteiger charge is -2.38. The number of carbonyl (C=O) groups excluding carboxylic acids is 1. The summed E-state index contributed by atoms with van der Waals surface area (Å²) in [5.41, 5.74) is 1.73. The summed E-state index contributed by atoms with van der Waals surface area (Å²) in [6.45, 7) is 4.05. The number of amides is 1. The smallest absolute Gasteiger partial charge is 0.254 e. The van der Waals surface area contributed by atoms with Crippen molar-refractivity contribution in [1.82, 2.24) is 0 Å². The molecule has 3 heteroatoms. The van der Waals surface area contributed by atoms with Crippen molar-refractivity contribution >= 4 is 11.6 Å². The second kappa shape index (κ2) is 3.35. The largest absolute Gasteiger partial charge is 0.371 e. The lowest BCUT2D eigenvalue weighted by Crippen LogP contribution is -2.48. The summed E-state index contributed by atoms with van der Waals surface area (Å²) in [7, 11) is 1.57. The lowest BCUT2D eigenvalue weighted by molar-refractivity contribution is -0.130. The van der Waals surface area contributed by atoms with E-state index in [9.17, 15) is 4.79 Å². The predicted molar refractivity (Wildman–Crippen MR) is 58.9 cm³/mol. The number of methoxy groups -OCH3 is 1. The van der Waals surface area contributed by atoms with Crippen LogP contribution in [0.2, 0.25) is 0 Å². The van der Waals surface area contributed by atoms with Crippen molar-refractivity contribution < 1.29 is 9.53 Å². The Morgan fingerprint density at radius 2 is 2.00 bits per heavy atom. The minimum absolute atomic E-state index is 0.0683. The number of carbonyl (C=O) groups is 1. The molecular weight excluding hydrogens is 190 g/mol. The van der Waals surface area contributed by atoms with E-state index in [1.54, 1.807) is 7.11 Å². The van der Waals surface area contributed by atoms with E-state index < -0.39 is 6.10 Å². The van der Waals surface area contributed by atoms with E-state index in [4.69, 9.17) is 4.74 Å². The molecule has 1 unspecified atom stereocenters. The zero-order valence-corrected chi connectivity index (χ0v) is 9.20. The van der Waals surface area contributed by atoms with Gasteiger partial charge in [0.15, 0.2) is 0 Å². The van der Waals surface area contributed by atoms with Crippen LogP contribution in [0.1, 0.15) is 19.4 Å². The molecular formula is C12H15NO2. The summed E-state index contributed by atoms with van der Waals surface area (Å²) < 4.78 is 5.26. The molecule has 1 amide bonds. The van der Waals surface area contributed by atoms with Crippen molar-refractivity contribution in [2.24, 2.45) is 0 Å². The lowest BCUT2D eigenvalue weighted by atomic mass is 9.76. The minimum atomic E-state index is -0.424. The summed E-state index contributed by atoms with van der Waals surface area (Å²) >= 11 is 0. The fourth-order valence-electron chi connectivity index (χ4n) is 2.22. The summed E-state index contributed by atoms with van der Waals surface area (Å²) in [6.07, 6.45) is -0.424. The maximum atomic E-state index is 11.8. The quantitative estimate of drug-likeness (QED) is 0.760. The van der Waals surface area contributed by atoms with Gasteiger partial charge in [0.25, 0.3) is 5.91 Å². The Morgan fingerprint density at radius 1 is 1.33 bits per heavy atom. The molecule has 1 N–H and O–H groups in total.